The first-order chi connectivity index (χ1) is 22.4. The van der Waals surface area contributed by atoms with Crippen molar-refractivity contribution in [3.63, 3.8) is 0 Å². The number of amidine groups is 1. The maximum Gasteiger partial charge on any atom is 0.263 e. The van der Waals surface area contributed by atoms with E-state index >= 15 is 4.39 Å². The number of allylic oxidation sites excluding steroid dienone is 1. The molecule has 5 aliphatic rings. The predicted octanol–water partition coefficient (Wildman–Crippen LogP) is 6.89. The summed E-state index contributed by atoms with van der Waals surface area (Å²) in [6.07, 6.45) is 6.08. The van der Waals surface area contributed by atoms with Crippen molar-refractivity contribution in [1.82, 2.24) is 25.0 Å². The molecule has 2 amide bonds. The van der Waals surface area contributed by atoms with Crippen molar-refractivity contribution in [2.45, 2.75) is 102 Å². The van der Waals surface area contributed by atoms with Crippen LogP contribution in [-0.2, 0) is 15.1 Å². The maximum atomic E-state index is 15.0. The van der Waals surface area contributed by atoms with Crippen LogP contribution in [0.15, 0.2) is 52.1 Å². The van der Waals surface area contributed by atoms with Gasteiger partial charge in [0.15, 0.2) is 5.17 Å². The normalized spacial score (nSPS) is 29.6. The van der Waals surface area contributed by atoms with Gasteiger partial charge in [0, 0.05) is 48.2 Å². The first kappa shape index (κ1) is 32.9. The second-order valence-electron chi connectivity index (χ2n) is 14.2. The van der Waals surface area contributed by atoms with Gasteiger partial charge in [-0.15, -0.1) is 0 Å². The van der Waals surface area contributed by atoms with Crippen LogP contribution in [0, 0.1) is 11.7 Å². The van der Waals surface area contributed by atoms with Crippen LogP contribution >= 0.6 is 35.0 Å². The van der Waals surface area contributed by atoms with Crippen molar-refractivity contribution in [2.24, 2.45) is 10.9 Å². The molecule has 2 saturated heterocycles. The molecule has 3 fully saturated rings. The van der Waals surface area contributed by atoms with Crippen molar-refractivity contribution >= 4 is 51.9 Å². The quantitative estimate of drug-likeness (QED) is 0.331. The van der Waals surface area contributed by atoms with Gasteiger partial charge >= 0.3 is 0 Å². The molecule has 1 spiro atoms. The summed E-state index contributed by atoms with van der Waals surface area (Å²) in [7, 11) is 0. The van der Waals surface area contributed by atoms with E-state index in [9.17, 15) is 9.59 Å². The molecular weight excluding hydrogens is 658 g/mol. The smallest absolute Gasteiger partial charge is 0.263 e. The second kappa shape index (κ2) is 12.0. The van der Waals surface area contributed by atoms with Crippen LogP contribution in [0.1, 0.15) is 83.9 Å². The van der Waals surface area contributed by atoms with Crippen molar-refractivity contribution in [1.29, 1.82) is 0 Å². The van der Waals surface area contributed by atoms with Gasteiger partial charge in [-0.25, -0.2) is 14.4 Å². The number of amides is 2. The molecule has 1 saturated carbocycles. The Morgan fingerprint density at radius 2 is 1.94 bits per heavy atom. The summed E-state index contributed by atoms with van der Waals surface area (Å²) in [4.78, 5) is 45.3. The van der Waals surface area contributed by atoms with E-state index in [4.69, 9.17) is 28.2 Å². The highest BCUT2D eigenvalue weighted by molar-refractivity contribution is 8.18. The minimum atomic E-state index is -0.871. The van der Waals surface area contributed by atoms with E-state index in [1.165, 1.54) is 17.8 Å². The summed E-state index contributed by atoms with van der Waals surface area (Å²) in [6.45, 7) is 11.8. The lowest BCUT2D eigenvalue weighted by Gasteiger charge is -2.42. The zero-order valence-electron chi connectivity index (χ0n) is 27.4. The number of halogens is 3. The number of hydrogen-bond acceptors (Lipinski definition) is 7. The number of nitrogens with zero attached hydrogens (tertiary/aromatic N) is 5. The molecule has 5 atom stereocenters. The molecule has 0 bridgehead atoms. The molecule has 250 valence electrons. The summed E-state index contributed by atoms with van der Waals surface area (Å²) < 4.78 is 15.0. The van der Waals surface area contributed by atoms with E-state index in [2.05, 4.69) is 42.9 Å². The first-order valence-electron chi connectivity index (χ1n) is 16.6. The molecule has 1 aliphatic carbocycles. The largest absolute Gasteiger partial charge is 0.335 e. The first-order valence-corrected chi connectivity index (χ1v) is 18.2. The number of benzene rings is 1. The molecule has 1 N–H and O–H groups in total. The third-order valence-corrected chi connectivity index (χ3v) is 12.3. The van der Waals surface area contributed by atoms with Crippen molar-refractivity contribution in [3.8, 4) is 0 Å². The number of aliphatic imine (C=N–C) groups is 1. The number of pyridine rings is 1. The number of aromatic nitrogens is 1. The van der Waals surface area contributed by atoms with Crippen LogP contribution in [0.2, 0.25) is 10.2 Å². The maximum absolute atomic E-state index is 15.0. The summed E-state index contributed by atoms with van der Waals surface area (Å²) in [5.74, 6) is -0.663. The number of piperazine rings is 1. The van der Waals surface area contributed by atoms with Gasteiger partial charge in [0.05, 0.1) is 11.1 Å². The van der Waals surface area contributed by atoms with Gasteiger partial charge in [-0.3, -0.25) is 9.59 Å². The van der Waals surface area contributed by atoms with Gasteiger partial charge in [-0.2, -0.15) is 0 Å². The molecule has 5 heterocycles. The molecule has 0 unspecified atom stereocenters. The van der Waals surface area contributed by atoms with Gasteiger partial charge in [0.1, 0.15) is 27.5 Å². The number of rotatable bonds is 6. The Labute approximate surface area is 290 Å². The van der Waals surface area contributed by atoms with Gasteiger partial charge in [0.2, 0.25) is 5.91 Å². The summed E-state index contributed by atoms with van der Waals surface area (Å²) in [5.41, 5.74) is 1.49. The highest BCUT2D eigenvalue weighted by Crippen LogP contribution is 2.56. The van der Waals surface area contributed by atoms with E-state index in [1.54, 1.807) is 18.3 Å². The van der Waals surface area contributed by atoms with Crippen molar-refractivity contribution < 1.29 is 14.0 Å². The summed E-state index contributed by atoms with van der Waals surface area (Å²) in [5, 5.41) is 4.70. The van der Waals surface area contributed by atoms with Crippen LogP contribution in [0.4, 0.5) is 4.39 Å². The highest BCUT2D eigenvalue weighted by Gasteiger charge is 2.56. The average molecular weight is 700 g/mol. The molecule has 12 heteroatoms. The molecule has 2 aromatic rings. The van der Waals surface area contributed by atoms with Gasteiger partial charge < -0.3 is 20.0 Å². The monoisotopic (exact) mass is 698 g/mol. The predicted molar refractivity (Wildman–Crippen MR) is 185 cm³/mol. The number of hydrogen-bond donors (Lipinski definition) is 1. The van der Waals surface area contributed by atoms with Crippen LogP contribution in [0.5, 0.6) is 0 Å². The van der Waals surface area contributed by atoms with E-state index in [0.29, 0.717) is 33.8 Å². The molecule has 0 radical (unpaired) electrons. The van der Waals surface area contributed by atoms with Crippen molar-refractivity contribution in [2.75, 3.05) is 13.1 Å². The fourth-order valence-corrected chi connectivity index (χ4v) is 9.51. The van der Waals surface area contributed by atoms with E-state index in [1.807, 2.05) is 28.9 Å². The number of carbonyl (C=O) groups excluding carboxylic acids is 2. The molecule has 4 aliphatic heterocycles. The Hall–Kier alpha value is -2.66. The Morgan fingerprint density at radius 1 is 1.17 bits per heavy atom. The topological polar surface area (TPSA) is 81.1 Å². The number of carbonyl (C=O) groups is 2. The number of likely N-dealkylation sites (tertiary alicyclic amines) is 1. The summed E-state index contributed by atoms with van der Waals surface area (Å²) >= 11 is 13.6. The van der Waals surface area contributed by atoms with Gasteiger partial charge in [0.25, 0.3) is 5.91 Å². The second-order valence-corrected chi connectivity index (χ2v) is 15.9. The lowest BCUT2D eigenvalue weighted by Crippen LogP contribution is -2.62. The molecule has 8 nitrogen and oxygen atoms in total. The van der Waals surface area contributed by atoms with Gasteiger partial charge in [-0.1, -0.05) is 56.1 Å². The van der Waals surface area contributed by atoms with E-state index < -0.39 is 23.4 Å². The molecule has 47 heavy (non-hydrogen) atoms. The minimum Gasteiger partial charge on any atom is -0.335 e. The number of fused-ring (bicyclic) bond motifs is 1. The van der Waals surface area contributed by atoms with Gasteiger partial charge in [-0.05, 0) is 87.4 Å². The fraction of sp³-hybridized carbons (Fsp3) is 0.543. The Bertz CT molecular complexity index is 1680. The van der Waals surface area contributed by atoms with Crippen LogP contribution in [-0.4, -0.2) is 73.4 Å². The zero-order chi connectivity index (χ0) is 33.4. The minimum absolute atomic E-state index is 0.0324. The highest BCUT2D eigenvalue weighted by atomic mass is 35.5. The lowest BCUT2D eigenvalue weighted by atomic mass is 9.81. The lowest BCUT2D eigenvalue weighted by molar-refractivity contribution is -0.146. The standard InChI is InChI=1S/C35H41Cl2FN6O2S/c1-6-23-9-11-26(31(45)42-18-35(13-14-35)40-16-20(42)4)43(23)32(46)29-28(19(2)3)44-30(21-7-10-24(36)25(38)15-21)34(5,41-33(44)47-29)22-8-12-27(37)39-17-22/h7-8,10,12,15,17,19-20,23,26,30,40H,6,9,11,13-14,16,18H2,1-5H3/t20-,23+,26+,30+,34-/m0/s1. The summed E-state index contributed by atoms with van der Waals surface area (Å²) in [6, 6.07) is 7.51. The van der Waals surface area contributed by atoms with E-state index in [-0.39, 0.29) is 40.4 Å². The third-order valence-electron chi connectivity index (χ3n) is 10.7. The Balaban J connectivity index is 1.28. The van der Waals surface area contributed by atoms with Crippen LogP contribution < -0.4 is 5.32 Å². The Morgan fingerprint density at radius 3 is 2.57 bits per heavy atom. The fourth-order valence-electron chi connectivity index (χ4n) is 7.93. The number of nitrogens with one attached hydrogen (secondary N) is 1. The van der Waals surface area contributed by atoms with Crippen LogP contribution in [0.25, 0.3) is 0 Å². The molecule has 1 aromatic carbocycles. The van der Waals surface area contributed by atoms with E-state index in [0.717, 1.165) is 43.5 Å². The molecular formula is C35H41Cl2FN6O2S. The Kier molecular flexibility index (Phi) is 8.42. The SMILES string of the molecule is CC[C@@H]1CC[C@H](C(=O)N2CC3(CC3)NC[C@@H]2C)N1C(=O)C1=C(C(C)C)N2C(=N[C@@](C)(c3ccc(Cl)nc3)[C@H]2c2ccc(Cl)c(F)c2)S1. The van der Waals surface area contributed by atoms with Crippen molar-refractivity contribution in [3.05, 3.63) is 74.3 Å². The molecule has 1 aromatic heterocycles. The number of thioether (sulfide) groups is 1. The molecule has 7 rings (SSSR count). The zero-order valence-corrected chi connectivity index (χ0v) is 29.7. The van der Waals surface area contributed by atoms with Crippen LogP contribution in [0.3, 0.4) is 0 Å². The third kappa shape index (κ3) is 5.47. The average Bonchev–Trinajstić information content (AvgIpc) is 3.36.